The molecular formula is C28H34N2. The molecule has 2 aromatic rings. The van der Waals surface area contributed by atoms with E-state index in [0.29, 0.717) is 5.92 Å². The summed E-state index contributed by atoms with van der Waals surface area (Å²) in [6.45, 7) is 12.9. The Labute approximate surface area is 182 Å². The predicted molar refractivity (Wildman–Crippen MR) is 128 cm³/mol. The van der Waals surface area contributed by atoms with Crippen LogP contribution in [0.3, 0.4) is 0 Å². The molecule has 0 spiro atoms. The predicted octanol–water partition coefficient (Wildman–Crippen LogP) is 6.87. The largest absolute Gasteiger partial charge is 0.303 e. The van der Waals surface area contributed by atoms with Crippen molar-refractivity contribution in [1.82, 2.24) is 4.90 Å². The quantitative estimate of drug-likeness (QED) is 0.454. The highest BCUT2D eigenvalue weighted by Crippen LogP contribution is 2.31. The van der Waals surface area contributed by atoms with Crippen LogP contribution in [0.5, 0.6) is 0 Å². The van der Waals surface area contributed by atoms with Crippen LogP contribution in [0.4, 0.5) is 0 Å². The van der Waals surface area contributed by atoms with Gasteiger partial charge in [0, 0.05) is 12.8 Å². The molecule has 2 nitrogen and oxygen atoms in total. The minimum absolute atomic E-state index is 0.383. The highest BCUT2D eigenvalue weighted by atomic mass is 15.1. The van der Waals surface area contributed by atoms with Gasteiger partial charge in [-0.1, -0.05) is 92.0 Å². The molecule has 1 aliphatic heterocycles. The molecule has 0 aromatic heterocycles. The Hall–Kier alpha value is -2.89. The number of likely N-dealkylation sites (tertiary alicyclic amines) is 1. The second-order valence-electron chi connectivity index (χ2n) is 7.61. The Kier molecular flexibility index (Phi) is 10.4. The first-order valence-corrected chi connectivity index (χ1v) is 10.8. The third kappa shape index (κ3) is 7.17. The van der Waals surface area contributed by atoms with Crippen LogP contribution in [0.1, 0.15) is 49.1 Å². The zero-order valence-electron chi connectivity index (χ0n) is 18.2. The number of hydrogen-bond acceptors (Lipinski definition) is 2. The van der Waals surface area contributed by atoms with Crippen molar-refractivity contribution in [3.63, 3.8) is 0 Å². The fourth-order valence-electron chi connectivity index (χ4n) is 4.20. The molecule has 2 heteroatoms. The van der Waals surface area contributed by atoms with Crippen LogP contribution in [-0.2, 0) is 0 Å². The molecule has 0 N–H and O–H groups in total. The van der Waals surface area contributed by atoms with Crippen LogP contribution in [0.15, 0.2) is 97.6 Å². The van der Waals surface area contributed by atoms with Crippen LogP contribution >= 0.6 is 0 Å². The summed E-state index contributed by atoms with van der Waals surface area (Å²) in [7, 11) is 0. The molecule has 2 aromatic carbocycles. The maximum absolute atomic E-state index is 7.32. The van der Waals surface area contributed by atoms with Gasteiger partial charge in [-0.25, -0.2) is 0 Å². The molecule has 156 valence electrons. The van der Waals surface area contributed by atoms with Gasteiger partial charge >= 0.3 is 0 Å². The van der Waals surface area contributed by atoms with Crippen LogP contribution in [0, 0.1) is 11.3 Å². The van der Waals surface area contributed by atoms with Gasteiger partial charge in [0.05, 0.1) is 6.07 Å². The summed E-state index contributed by atoms with van der Waals surface area (Å²) in [5, 5.41) is 7.32. The van der Waals surface area contributed by atoms with Crippen LogP contribution < -0.4 is 0 Å². The normalized spacial score (nSPS) is 15.9. The smallest absolute Gasteiger partial charge is 0.0587 e. The topological polar surface area (TPSA) is 27.0 Å². The minimum atomic E-state index is 0.383. The molecular weight excluding hydrogens is 364 g/mol. The standard InChI is InChI=1S/C26H31N.C2H3N/c1-3-11-22(4-2)26(25-14-9-6-10-15-25)18-21-27-19-16-24(17-20-27)23-12-7-5-8-13-23;1-2-3/h3-15,24,26H,1-2,16-21H2;1H3/b22-11+;. The Morgan fingerprint density at radius 3 is 2.17 bits per heavy atom. The molecule has 0 aliphatic carbocycles. The first kappa shape index (κ1) is 23.4. The number of nitrogens with zero attached hydrogens (tertiary/aromatic N) is 2. The zero-order chi connectivity index (χ0) is 21.6. The summed E-state index contributed by atoms with van der Waals surface area (Å²) in [5.74, 6) is 1.10. The van der Waals surface area contributed by atoms with Crippen molar-refractivity contribution in [2.75, 3.05) is 19.6 Å². The summed E-state index contributed by atoms with van der Waals surface area (Å²) in [6.07, 6.45) is 9.60. The highest BCUT2D eigenvalue weighted by molar-refractivity contribution is 5.36. The fraction of sp³-hybridized carbons (Fsp3) is 0.321. The molecule has 0 amide bonds. The average molecular weight is 399 g/mol. The van der Waals surface area contributed by atoms with E-state index in [9.17, 15) is 0 Å². The number of benzene rings is 2. The first-order chi connectivity index (χ1) is 14.7. The minimum Gasteiger partial charge on any atom is -0.303 e. The number of piperidine rings is 1. The van der Waals surface area contributed by atoms with Gasteiger partial charge < -0.3 is 4.90 Å². The third-order valence-electron chi connectivity index (χ3n) is 5.74. The van der Waals surface area contributed by atoms with Gasteiger partial charge in [-0.05, 0) is 61.5 Å². The molecule has 0 saturated carbocycles. The maximum Gasteiger partial charge on any atom is 0.0587 e. The number of hydrogen-bond donors (Lipinski definition) is 0. The van der Waals surface area contributed by atoms with Gasteiger partial charge in [0.15, 0.2) is 0 Å². The van der Waals surface area contributed by atoms with Crippen molar-refractivity contribution in [2.45, 2.75) is 38.0 Å². The van der Waals surface area contributed by atoms with E-state index in [1.54, 1.807) is 6.07 Å². The molecule has 0 bridgehead atoms. The summed E-state index contributed by atoms with van der Waals surface area (Å²) < 4.78 is 0. The SMILES string of the molecule is C=C/C=C(\C=C)C(CCN1CCC(c2ccccc2)CC1)c1ccccc1.CC#N. The van der Waals surface area contributed by atoms with Crippen LogP contribution in [0.25, 0.3) is 0 Å². The monoisotopic (exact) mass is 398 g/mol. The van der Waals surface area contributed by atoms with Crippen molar-refractivity contribution in [3.8, 4) is 6.07 Å². The highest BCUT2D eigenvalue weighted by Gasteiger charge is 2.22. The van der Waals surface area contributed by atoms with Crippen LogP contribution in [0.2, 0.25) is 0 Å². The Balaban J connectivity index is 0.00000101. The Morgan fingerprint density at radius 1 is 1.07 bits per heavy atom. The van der Waals surface area contributed by atoms with E-state index in [0.717, 1.165) is 18.9 Å². The van der Waals surface area contributed by atoms with Crippen LogP contribution in [-0.4, -0.2) is 24.5 Å². The average Bonchev–Trinajstić information content (AvgIpc) is 2.80. The second-order valence-corrected chi connectivity index (χ2v) is 7.61. The molecule has 1 unspecified atom stereocenters. The lowest BCUT2D eigenvalue weighted by atomic mass is 9.86. The first-order valence-electron chi connectivity index (χ1n) is 10.8. The molecule has 1 fully saturated rings. The van der Waals surface area contributed by atoms with Gasteiger partial charge in [-0.15, -0.1) is 0 Å². The lowest BCUT2D eigenvalue weighted by molar-refractivity contribution is 0.207. The Morgan fingerprint density at radius 2 is 1.63 bits per heavy atom. The molecule has 1 heterocycles. The van der Waals surface area contributed by atoms with Gasteiger partial charge in [-0.2, -0.15) is 5.26 Å². The van der Waals surface area contributed by atoms with Gasteiger partial charge in [0.1, 0.15) is 0 Å². The second kappa shape index (κ2) is 13.4. The van der Waals surface area contributed by atoms with E-state index < -0.39 is 0 Å². The van der Waals surface area contributed by atoms with E-state index in [1.807, 2.05) is 12.2 Å². The summed E-state index contributed by atoms with van der Waals surface area (Å²) in [4.78, 5) is 2.63. The van der Waals surface area contributed by atoms with Gasteiger partial charge in [0.25, 0.3) is 0 Å². The van der Waals surface area contributed by atoms with E-state index in [2.05, 4.69) is 84.8 Å². The van der Waals surface area contributed by atoms with E-state index in [-0.39, 0.29) is 0 Å². The molecule has 1 saturated heterocycles. The van der Waals surface area contributed by atoms with Crippen molar-refractivity contribution < 1.29 is 0 Å². The molecule has 1 aliphatic rings. The Bertz CT molecular complexity index is 822. The van der Waals surface area contributed by atoms with Crippen molar-refractivity contribution in [3.05, 3.63) is 109 Å². The summed E-state index contributed by atoms with van der Waals surface area (Å²) in [5.41, 5.74) is 4.13. The zero-order valence-corrected chi connectivity index (χ0v) is 18.2. The summed E-state index contributed by atoms with van der Waals surface area (Å²) in [6, 6.07) is 23.5. The lowest BCUT2D eigenvalue weighted by Crippen LogP contribution is -2.34. The lowest BCUT2D eigenvalue weighted by Gasteiger charge is -2.33. The maximum atomic E-state index is 7.32. The molecule has 1 atom stereocenters. The number of allylic oxidation sites excluding steroid dienone is 4. The molecule has 0 radical (unpaired) electrons. The van der Waals surface area contributed by atoms with Gasteiger partial charge in [-0.3, -0.25) is 0 Å². The van der Waals surface area contributed by atoms with Crippen molar-refractivity contribution in [2.24, 2.45) is 0 Å². The van der Waals surface area contributed by atoms with E-state index in [1.165, 1.54) is 49.6 Å². The van der Waals surface area contributed by atoms with Crippen molar-refractivity contribution >= 4 is 0 Å². The fourth-order valence-corrected chi connectivity index (χ4v) is 4.20. The number of rotatable bonds is 8. The molecule has 30 heavy (non-hydrogen) atoms. The molecule has 3 rings (SSSR count). The van der Waals surface area contributed by atoms with E-state index >= 15 is 0 Å². The van der Waals surface area contributed by atoms with Crippen molar-refractivity contribution in [1.29, 1.82) is 5.26 Å². The summed E-state index contributed by atoms with van der Waals surface area (Å²) >= 11 is 0. The third-order valence-corrected chi connectivity index (χ3v) is 5.74. The van der Waals surface area contributed by atoms with Gasteiger partial charge in [0.2, 0.25) is 0 Å². The van der Waals surface area contributed by atoms with E-state index in [4.69, 9.17) is 5.26 Å². The number of nitriles is 1.